The molecule has 128 valence electrons. The van der Waals surface area contributed by atoms with Crippen LogP contribution < -0.4 is 4.74 Å². The molecule has 1 aromatic rings. The third-order valence-corrected chi connectivity index (χ3v) is 5.19. The fourth-order valence-corrected chi connectivity index (χ4v) is 3.97. The topological polar surface area (TPSA) is 76.6 Å². The molecule has 23 heavy (non-hydrogen) atoms. The normalized spacial score (nSPS) is 20.3. The summed E-state index contributed by atoms with van der Waals surface area (Å²) in [6.07, 6.45) is -3.00. The lowest BCUT2D eigenvalue weighted by molar-refractivity contribution is -0.154. The molecule has 1 amide bonds. The van der Waals surface area contributed by atoms with E-state index in [0.717, 1.165) is 12.3 Å². The summed E-state index contributed by atoms with van der Waals surface area (Å²) < 4.78 is 63.4. The molecule has 1 aromatic heterocycles. The maximum absolute atomic E-state index is 12.2. The monoisotopic (exact) mass is 352 g/mol. The van der Waals surface area contributed by atoms with Crippen LogP contribution in [0.2, 0.25) is 0 Å². The Labute approximate surface area is 131 Å². The number of carbonyl (C=O) groups is 1. The van der Waals surface area contributed by atoms with Crippen molar-refractivity contribution in [2.24, 2.45) is 0 Å². The lowest BCUT2D eigenvalue weighted by Crippen LogP contribution is -2.37. The number of pyridine rings is 1. The van der Waals surface area contributed by atoms with Gasteiger partial charge in [0.1, 0.15) is 0 Å². The van der Waals surface area contributed by atoms with Gasteiger partial charge in [0.05, 0.1) is 17.1 Å². The number of sulfone groups is 1. The first-order valence-corrected chi connectivity index (χ1v) is 8.53. The molecule has 1 saturated heterocycles. The van der Waals surface area contributed by atoms with Crippen LogP contribution in [-0.4, -0.2) is 61.6 Å². The summed E-state index contributed by atoms with van der Waals surface area (Å²) >= 11 is 0. The molecular weight excluding hydrogens is 337 g/mol. The Morgan fingerprint density at radius 2 is 2.13 bits per heavy atom. The van der Waals surface area contributed by atoms with Crippen molar-refractivity contribution in [3.8, 4) is 5.88 Å². The van der Waals surface area contributed by atoms with Crippen molar-refractivity contribution in [1.82, 2.24) is 9.88 Å². The Hall–Kier alpha value is -1.84. The zero-order valence-electron chi connectivity index (χ0n) is 12.2. The summed E-state index contributed by atoms with van der Waals surface area (Å²) in [7, 11) is -1.63. The molecule has 10 heteroatoms. The summed E-state index contributed by atoms with van der Waals surface area (Å²) in [5.41, 5.74) is 0.149. The molecule has 0 N–H and O–H groups in total. The van der Waals surface area contributed by atoms with Crippen molar-refractivity contribution in [3.63, 3.8) is 0 Å². The second kappa shape index (κ2) is 6.34. The molecule has 1 aliphatic heterocycles. The lowest BCUT2D eigenvalue weighted by atomic mass is 10.2. The predicted molar refractivity (Wildman–Crippen MR) is 74.9 cm³/mol. The van der Waals surface area contributed by atoms with Crippen molar-refractivity contribution in [3.05, 3.63) is 23.9 Å². The Balaban J connectivity index is 2.00. The van der Waals surface area contributed by atoms with Crippen LogP contribution in [-0.2, 0) is 9.84 Å². The van der Waals surface area contributed by atoms with E-state index in [0.29, 0.717) is 6.42 Å². The molecule has 1 unspecified atom stereocenters. The summed E-state index contributed by atoms with van der Waals surface area (Å²) in [4.78, 5) is 17.2. The quantitative estimate of drug-likeness (QED) is 0.816. The third-order valence-electron chi connectivity index (χ3n) is 3.44. The molecule has 0 spiro atoms. The van der Waals surface area contributed by atoms with Gasteiger partial charge in [0.2, 0.25) is 5.88 Å². The van der Waals surface area contributed by atoms with Gasteiger partial charge < -0.3 is 9.64 Å². The minimum absolute atomic E-state index is 0.0394. The number of hydrogen-bond donors (Lipinski definition) is 0. The first-order chi connectivity index (χ1) is 10.6. The highest BCUT2D eigenvalue weighted by atomic mass is 32.2. The fourth-order valence-electron chi connectivity index (χ4n) is 2.20. The molecule has 1 aliphatic rings. The van der Waals surface area contributed by atoms with E-state index in [1.165, 1.54) is 18.0 Å². The number of amides is 1. The number of aromatic nitrogens is 1. The standard InChI is InChI=1S/C13H15F3N2O4S/c1-18(10-4-5-23(20,21)7-10)12(19)9-2-3-11(17-6-9)22-8-13(14,15)16/h2-3,6,10H,4-5,7-8H2,1H3. The summed E-state index contributed by atoms with van der Waals surface area (Å²) in [6.45, 7) is -1.47. The molecule has 2 heterocycles. The van der Waals surface area contributed by atoms with Gasteiger partial charge in [-0.1, -0.05) is 0 Å². The third kappa shape index (κ3) is 4.81. The number of alkyl halides is 3. The van der Waals surface area contributed by atoms with E-state index in [2.05, 4.69) is 9.72 Å². The van der Waals surface area contributed by atoms with Crippen LogP contribution in [0.3, 0.4) is 0 Å². The van der Waals surface area contributed by atoms with Gasteiger partial charge in [-0.25, -0.2) is 13.4 Å². The highest BCUT2D eigenvalue weighted by Gasteiger charge is 2.33. The van der Waals surface area contributed by atoms with Crippen molar-refractivity contribution < 1.29 is 31.1 Å². The molecule has 1 fully saturated rings. The average Bonchev–Trinajstić information content (AvgIpc) is 2.83. The van der Waals surface area contributed by atoms with E-state index >= 15 is 0 Å². The van der Waals surface area contributed by atoms with Gasteiger partial charge in [0.25, 0.3) is 5.91 Å². The van der Waals surface area contributed by atoms with Crippen LogP contribution in [0, 0.1) is 0 Å². The van der Waals surface area contributed by atoms with E-state index in [9.17, 15) is 26.4 Å². The molecule has 1 atom stereocenters. The Morgan fingerprint density at radius 1 is 1.43 bits per heavy atom. The highest BCUT2D eigenvalue weighted by Crippen LogP contribution is 2.20. The molecule has 0 bridgehead atoms. The van der Waals surface area contributed by atoms with Crippen LogP contribution in [0.1, 0.15) is 16.8 Å². The van der Waals surface area contributed by atoms with E-state index in [1.54, 1.807) is 0 Å². The minimum Gasteiger partial charge on any atom is -0.468 e. The molecule has 0 radical (unpaired) electrons. The van der Waals surface area contributed by atoms with Crippen LogP contribution in [0.15, 0.2) is 18.3 Å². The van der Waals surface area contributed by atoms with Crippen LogP contribution in [0.25, 0.3) is 0 Å². The van der Waals surface area contributed by atoms with Crippen LogP contribution >= 0.6 is 0 Å². The van der Waals surface area contributed by atoms with Gasteiger partial charge in [-0.3, -0.25) is 4.79 Å². The van der Waals surface area contributed by atoms with Crippen LogP contribution in [0.4, 0.5) is 13.2 Å². The number of halogens is 3. The zero-order chi connectivity index (χ0) is 17.3. The Bertz CT molecular complexity index is 673. The van der Waals surface area contributed by atoms with Crippen LogP contribution in [0.5, 0.6) is 5.88 Å². The van der Waals surface area contributed by atoms with E-state index in [1.807, 2.05) is 0 Å². The van der Waals surface area contributed by atoms with Gasteiger partial charge in [-0.15, -0.1) is 0 Å². The van der Waals surface area contributed by atoms with E-state index < -0.39 is 34.6 Å². The van der Waals surface area contributed by atoms with Crippen molar-refractivity contribution in [1.29, 1.82) is 0 Å². The SMILES string of the molecule is CN(C(=O)c1ccc(OCC(F)(F)F)nc1)C1CCS(=O)(=O)C1. The number of rotatable bonds is 4. The van der Waals surface area contributed by atoms with Crippen molar-refractivity contribution in [2.45, 2.75) is 18.6 Å². The molecule has 6 nitrogen and oxygen atoms in total. The summed E-state index contributed by atoms with van der Waals surface area (Å²) in [5, 5.41) is 0. The summed E-state index contributed by atoms with van der Waals surface area (Å²) in [6, 6.07) is 2.05. The fraction of sp³-hybridized carbons (Fsp3) is 0.538. The zero-order valence-corrected chi connectivity index (χ0v) is 13.0. The number of carbonyl (C=O) groups excluding carboxylic acids is 1. The van der Waals surface area contributed by atoms with Crippen molar-refractivity contribution >= 4 is 15.7 Å². The number of ether oxygens (including phenoxy) is 1. The van der Waals surface area contributed by atoms with Gasteiger partial charge in [-0.05, 0) is 12.5 Å². The lowest BCUT2D eigenvalue weighted by Gasteiger charge is -2.23. The number of nitrogens with zero attached hydrogens (tertiary/aromatic N) is 2. The largest absolute Gasteiger partial charge is 0.468 e. The van der Waals surface area contributed by atoms with Gasteiger partial charge in [0, 0.05) is 25.4 Å². The molecule has 2 rings (SSSR count). The van der Waals surface area contributed by atoms with Gasteiger partial charge in [0.15, 0.2) is 16.4 Å². The summed E-state index contributed by atoms with van der Waals surface area (Å²) in [5.74, 6) is -0.736. The van der Waals surface area contributed by atoms with E-state index in [4.69, 9.17) is 0 Å². The smallest absolute Gasteiger partial charge is 0.422 e. The average molecular weight is 352 g/mol. The van der Waals surface area contributed by atoms with E-state index in [-0.39, 0.29) is 22.9 Å². The molecular formula is C13H15F3N2O4S. The first-order valence-electron chi connectivity index (χ1n) is 6.70. The maximum Gasteiger partial charge on any atom is 0.422 e. The molecule has 0 aliphatic carbocycles. The van der Waals surface area contributed by atoms with Crippen molar-refractivity contribution in [2.75, 3.05) is 25.2 Å². The minimum atomic E-state index is -4.47. The van der Waals surface area contributed by atoms with Gasteiger partial charge >= 0.3 is 6.18 Å². The van der Waals surface area contributed by atoms with Gasteiger partial charge in [-0.2, -0.15) is 13.2 Å². The predicted octanol–water partition coefficient (Wildman–Crippen LogP) is 1.28. The second-order valence-corrected chi connectivity index (χ2v) is 7.49. The Kier molecular flexibility index (Phi) is 4.83. The maximum atomic E-state index is 12.2. The molecule has 0 saturated carbocycles. The highest BCUT2D eigenvalue weighted by molar-refractivity contribution is 7.91. The first kappa shape index (κ1) is 17.5. The molecule has 0 aromatic carbocycles. The number of hydrogen-bond acceptors (Lipinski definition) is 5. The Morgan fingerprint density at radius 3 is 2.61 bits per heavy atom. The second-order valence-electron chi connectivity index (χ2n) is 5.26.